The quantitative estimate of drug-likeness (QED) is 0.886. The Hall–Kier alpha value is -2.41. The van der Waals surface area contributed by atoms with Crippen molar-refractivity contribution in [3.05, 3.63) is 51.5 Å². The minimum absolute atomic E-state index is 0.0307. The van der Waals surface area contributed by atoms with Crippen molar-refractivity contribution in [1.82, 2.24) is 19.9 Å². The molecule has 25 heavy (non-hydrogen) atoms. The number of imidazole rings is 1. The highest BCUT2D eigenvalue weighted by molar-refractivity contribution is 5.96. The number of aryl methyl sites for hydroxylation is 1. The number of carbonyl (C=O) groups is 1. The highest BCUT2D eigenvalue weighted by Gasteiger charge is 2.39. The summed E-state index contributed by atoms with van der Waals surface area (Å²) in [4.78, 5) is 37.5. The molecular formula is C18H22N4O3. The second-order valence-electron chi connectivity index (χ2n) is 6.75. The molecule has 0 bridgehead atoms. The van der Waals surface area contributed by atoms with Crippen LogP contribution in [0.15, 0.2) is 23.3 Å². The Kier molecular flexibility index (Phi) is 4.17. The SMILES string of the molecule is CO[C@@H]1C[C@@H](c2ncc[nH]2)N(C(=O)c2cc(=O)[nH]c3c2CCCC3)C1. The largest absolute Gasteiger partial charge is 0.380 e. The van der Waals surface area contributed by atoms with Crippen LogP contribution in [-0.2, 0) is 17.6 Å². The third kappa shape index (κ3) is 2.89. The number of aromatic nitrogens is 3. The van der Waals surface area contributed by atoms with Crippen LogP contribution in [0.2, 0.25) is 0 Å². The van der Waals surface area contributed by atoms with E-state index in [2.05, 4.69) is 15.0 Å². The predicted molar refractivity (Wildman–Crippen MR) is 91.5 cm³/mol. The molecule has 0 radical (unpaired) electrons. The van der Waals surface area contributed by atoms with Gasteiger partial charge in [0.05, 0.1) is 12.1 Å². The van der Waals surface area contributed by atoms with Crippen molar-refractivity contribution in [2.75, 3.05) is 13.7 Å². The van der Waals surface area contributed by atoms with E-state index >= 15 is 0 Å². The van der Waals surface area contributed by atoms with Crippen LogP contribution in [0.3, 0.4) is 0 Å². The lowest BCUT2D eigenvalue weighted by atomic mass is 9.91. The highest BCUT2D eigenvalue weighted by Crippen LogP contribution is 2.34. The van der Waals surface area contributed by atoms with Crippen molar-refractivity contribution in [3.63, 3.8) is 0 Å². The number of aromatic amines is 2. The molecule has 4 rings (SSSR count). The standard InChI is InChI=1S/C18H22N4O3/c1-25-11-8-15(17-19-6-7-20-17)22(10-11)18(24)13-9-16(23)21-14-5-3-2-4-12(13)14/h6-7,9,11,15H,2-5,8,10H2,1H3,(H,19,20)(H,21,23)/t11-,15+/m1/s1. The van der Waals surface area contributed by atoms with Crippen LogP contribution < -0.4 is 5.56 Å². The second-order valence-corrected chi connectivity index (χ2v) is 6.75. The van der Waals surface area contributed by atoms with E-state index in [1.807, 2.05) is 0 Å². The normalized spacial score (nSPS) is 22.8. The maximum Gasteiger partial charge on any atom is 0.255 e. The molecule has 7 nitrogen and oxygen atoms in total. The molecule has 1 amide bonds. The Balaban J connectivity index is 1.72. The van der Waals surface area contributed by atoms with Crippen LogP contribution in [-0.4, -0.2) is 45.5 Å². The molecule has 3 heterocycles. The number of amides is 1. The van der Waals surface area contributed by atoms with Gasteiger partial charge in [0, 0.05) is 49.8 Å². The number of nitrogens with one attached hydrogen (secondary N) is 2. The van der Waals surface area contributed by atoms with E-state index in [4.69, 9.17) is 4.74 Å². The van der Waals surface area contributed by atoms with Gasteiger partial charge in [0.2, 0.25) is 5.56 Å². The smallest absolute Gasteiger partial charge is 0.255 e. The van der Waals surface area contributed by atoms with Crippen molar-refractivity contribution < 1.29 is 9.53 Å². The van der Waals surface area contributed by atoms with Crippen LogP contribution in [0.25, 0.3) is 0 Å². The Morgan fingerprint density at radius 1 is 1.36 bits per heavy atom. The van der Waals surface area contributed by atoms with Gasteiger partial charge in [-0.05, 0) is 31.2 Å². The van der Waals surface area contributed by atoms with E-state index in [1.165, 1.54) is 6.07 Å². The van der Waals surface area contributed by atoms with Gasteiger partial charge in [-0.1, -0.05) is 0 Å². The first-order chi connectivity index (χ1) is 12.2. The Morgan fingerprint density at radius 2 is 2.20 bits per heavy atom. The third-order valence-corrected chi connectivity index (χ3v) is 5.26. The van der Waals surface area contributed by atoms with Crippen LogP contribution >= 0.6 is 0 Å². The Bertz CT molecular complexity index is 827. The van der Waals surface area contributed by atoms with Crippen LogP contribution in [0.1, 0.15) is 52.7 Å². The molecule has 0 spiro atoms. The van der Waals surface area contributed by atoms with E-state index in [-0.39, 0.29) is 23.6 Å². The summed E-state index contributed by atoms with van der Waals surface area (Å²) in [6, 6.07) is 1.29. The van der Waals surface area contributed by atoms with Gasteiger partial charge in [0.25, 0.3) is 5.91 Å². The lowest BCUT2D eigenvalue weighted by Crippen LogP contribution is -2.34. The molecule has 2 aromatic rings. The number of hydrogen-bond acceptors (Lipinski definition) is 4. The van der Waals surface area contributed by atoms with Crippen molar-refractivity contribution in [3.8, 4) is 0 Å². The fourth-order valence-electron chi connectivity index (χ4n) is 4.00. The number of hydrogen-bond donors (Lipinski definition) is 2. The monoisotopic (exact) mass is 342 g/mol. The van der Waals surface area contributed by atoms with Gasteiger partial charge in [-0.3, -0.25) is 9.59 Å². The topological polar surface area (TPSA) is 91.1 Å². The zero-order valence-corrected chi connectivity index (χ0v) is 14.2. The fourth-order valence-corrected chi connectivity index (χ4v) is 4.00. The molecule has 1 saturated heterocycles. The summed E-state index contributed by atoms with van der Waals surface area (Å²) in [7, 11) is 1.66. The molecule has 7 heteroatoms. The third-order valence-electron chi connectivity index (χ3n) is 5.26. The molecule has 132 valence electrons. The van der Waals surface area contributed by atoms with Crippen LogP contribution in [0.4, 0.5) is 0 Å². The van der Waals surface area contributed by atoms with Gasteiger partial charge in [-0.25, -0.2) is 4.98 Å². The summed E-state index contributed by atoms with van der Waals surface area (Å²) >= 11 is 0. The van der Waals surface area contributed by atoms with E-state index in [1.54, 1.807) is 24.4 Å². The lowest BCUT2D eigenvalue weighted by Gasteiger charge is -2.26. The average molecular weight is 342 g/mol. The summed E-state index contributed by atoms with van der Waals surface area (Å²) in [5.41, 5.74) is 2.24. The van der Waals surface area contributed by atoms with Crippen molar-refractivity contribution in [2.45, 2.75) is 44.2 Å². The number of likely N-dealkylation sites (tertiary alicyclic amines) is 1. The molecule has 0 saturated carbocycles. The molecule has 1 aliphatic carbocycles. The number of ether oxygens (including phenoxy) is 1. The minimum Gasteiger partial charge on any atom is -0.380 e. The summed E-state index contributed by atoms with van der Waals surface area (Å²) in [5.74, 6) is 0.650. The minimum atomic E-state index is -0.207. The molecule has 2 aromatic heterocycles. The first-order valence-electron chi connectivity index (χ1n) is 8.75. The number of pyridine rings is 1. The first-order valence-corrected chi connectivity index (χ1v) is 8.75. The molecule has 0 unspecified atom stereocenters. The number of H-pyrrole nitrogens is 2. The van der Waals surface area contributed by atoms with E-state index in [0.29, 0.717) is 18.5 Å². The molecule has 2 aliphatic rings. The van der Waals surface area contributed by atoms with Gasteiger partial charge in [-0.2, -0.15) is 0 Å². The van der Waals surface area contributed by atoms with Gasteiger partial charge < -0.3 is 19.6 Å². The summed E-state index contributed by atoms with van der Waals surface area (Å²) < 4.78 is 5.49. The second kappa shape index (κ2) is 6.48. The van der Waals surface area contributed by atoms with Gasteiger partial charge in [0.15, 0.2) is 0 Å². The highest BCUT2D eigenvalue weighted by atomic mass is 16.5. The van der Waals surface area contributed by atoms with Crippen molar-refractivity contribution in [1.29, 1.82) is 0 Å². The number of rotatable bonds is 3. The summed E-state index contributed by atoms with van der Waals surface area (Å²) in [5, 5.41) is 0. The first kappa shape index (κ1) is 16.1. The Morgan fingerprint density at radius 3 is 2.96 bits per heavy atom. The lowest BCUT2D eigenvalue weighted by molar-refractivity contribution is 0.0683. The van der Waals surface area contributed by atoms with E-state index < -0.39 is 0 Å². The van der Waals surface area contributed by atoms with Crippen molar-refractivity contribution in [2.24, 2.45) is 0 Å². The van der Waals surface area contributed by atoms with Gasteiger partial charge in [-0.15, -0.1) is 0 Å². The summed E-state index contributed by atoms with van der Waals surface area (Å²) in [6.45, 7) is 0.502. The number of methoxy groups -OCH3 is 1. The molecule has 2 N–H and O–H groups in total. The van der Waals surface area contributed by atoms with E-state index in [9.17, 15) is 9.59 Å². The number of nitrogens with zero attached hydrogens (tertiary/aromatic N) is 2. The van der Waals surface area contributed by atoms with Gasteiger partial charge >= 0.3 is 0 Å². The van der Waals surface area contributed by atoms with E-state index in [0.717, 1.165) is 42.8 Å². The predicted octanol–water partition coefficient (Wildman–Crippen LogP) is 1.58. The maximum atomic E-state index is 13.3. The molecule has 1 fully saturated rings. The molecule has 2 atom stereocenters. The Labute approximate surface area is 145 Å². The number of fused-ring (bicyclic) bond motifs is 1. The maximum absolute atomic E-state index is 13.3. The van der Waals surface area contributed by atoms with Crippen molar-refractivity contribution >= 4 is 5.91 Å². The summed E-state index contributed by atoms with van der Waals surface area (Å²) in [6.07, 6.45) is 7.86. The molecular weight excluding hydrogens is 320 g/mol. The zero-order chi connectivity index (χ0) is 17.4. The zero-order valence-electron chi connectivity index (χ0n) is 14.2. The van der Waals surface area contributed by atoms with Gasteiger partial charge in [0.1, 0.15) is 5.82 Å². The molecule has 1 aliphatic heterocycles. The average Bonchev–Trinajstić information content (AvgIpc) is 3.29. The number of carbonyl (C=O) groups excluding carboxylic acids is 1. The molecule has 0 aromatic carbocycles. The van der Waals surface area contributed by atoms with Crippen LogP contribution in [0.5, 0.6) is 0 Å². The van der Waals surface area contributed by atoms with Crippen LogP contribution in [0, 0.1) is 0 Å². The fraction of sp³-hybridized carbons (Fsp3) is 0.500.